The van der Waals surface area contributed by atoms with Crippen molar-refractivity contribution in [2.75, 3.05) is 0 Å². The van der Waals surface area contributed by atoms with Crippen molar-refractivity contribution in [2.24, 2.45) is 0 Å². The van der Waals surface area contributed by atoms with Crippen LogP contribution in [0.4, 0.5) is 8.78 Å². The largest absolute Gasteiger partial charge is 0.278 e. The molecule has 0 aromatic carbocycles. The minimum absolute atomic E-state index is 0.517. The Labute approximate surface area is 93.9 Å². The molecule has 0 rings (SSSR count). The van der Waals surface area contributed by atoms with Crippen LogP contribution in [-0.4, -0.2) is 10.7 Å². The van der Waals surface area contributed by atoms with Crippen LogP contribution in [-0.2, 0) is 0 Å². The first kappa shape index (κ1) is 14.1. The van der Waals surface area contributed by atoms with Crippen molar-refractivity contribution in [3.05, 3.63) is 12.7 Å². The summed E-state index contributed by atoms with van der Waals surface area (Å²) < 4.78 is 25.9. The highest BCUT2D eigenvalue weighted by molar-refractivity contribution is 9.09. The van der Waals surface area contributed by atoms with Crippen LogP contribution in [0, 0.1) is 0 Å². The molecule has 0 N–H and O–H groups in total. The third-order valence-corrected chi connectivity index (χ3v) is 3.32. The molecule has 1 unspecified atom stereocenters. The fourth-order valence-corrected chi connectivity index (χ4v) is 1.76. The monoisotopic (exact) mass is 268 g/mol. The number of hydrogen-bond acceptors (Lipinski definition) is 0. The highest BCUT2D eigenvalue weighted by Crippen LogP contribution is 2.29. The van der Waals surface area contributed by atoms with Crippen molar-refractivity contribution in [1.29, 1.82) is 0 Å². The van der Waals surface area contributed by atoms with Gasteiger partial charge in [-0.1, -0.05) is 61.5 Å². The molecule has 0 aromatic rings. The number of alkyl halides is 3. The minimum atomic E-state index is -2.77. The fraction of sp³-hybridized carbons (Fsp3) is 0.818. The van der Waals surface area contributed by atoms with E-state index < -0.39 is 10.7 Å². The van der Waals surface area contributed by atoms with Crippen LogP contribution in [0.1, 0.15) is 45.4 Å². The maximum atomic E-state index is 13.0. The van der Waals surface area contributed by atoms with Crippen molar-refractivity contribution < 1.29 is 8.78 Å². The molecule has 3 heteroatoms. The van der Waals surface area contributed by atoms with Crippen LogP contribution in [0.2, 0.25) is 0 Å². The number of halogens is 3. The van der Waals surface area contributed by atoms with Gasteiger partial charge in [0.05, 0.1) is 4.83 Å². The Morgan fingerprint density at radius 3 is 2.36 bits per heavy atom. The first-order chi connectivity index (χ1) is 6.54. The molecule has 0 heterocycles. The Kier molecular flexibility index (Phi) is 7.42. The summed E-state index contributed by atoms with van der Waals surface area (Å²) in [6.07, 6.45) is 6.67. The fourth-order valence-electron chi connectivity index (χ4n) is 1.25. The first-order valence-electron chi connectivity index (χ1n) is 5.20. The summed E-state index contributed by atoms with van der Waals surface area (Å²) in [6.45, 7) is 5.27. The van der Waals surface area contributed by atoms with Gasteiger partial charge in [0.25, 0.3) is 5.92 Å². The van der Waals surface area contributed by atoms with Gasteiger partial charge in [0, 0.05) is 0 Å². The van der Waals surface area contributed by atoms with E-state index in [9.17, 15) is 8.78 Å². The predicted octanol–water partition coefficient (Wildman–Crippen LogP) is 4.93. The molecule has 0 spiro atoms. The van der Waals surface area contributed by atoms with Gasteiger partial charge in [0.15, 0.2) is 0 Å². The van der Waals surface area contributed by atoms with Crippen LogP contribution in [0.15, 0.2) is 12.7 Å². The summed E-state index contributed by atoms with van der Waals surface area (Å²) >= 11 is 3.01. The Hall–Kier alpha value is 0.0800. The minimum Gasteiger partial charge on any atom is -0.201 e. The van der Waals surface area contributed by atoms with Crippen molar-refractivity contribution >= 4 is 15.9 Å². The third kappa shape index (κ3) is 5.74. The highest BCUT2D eigenvalue weighted by Gasteiger charge is 2.33. The van der Waals surface area contributed by atoms with Crippen molar-refractivity contribution in [2.45, 2.75) is 56.2 Å². The van der Waals surface area contributed by atoms with Crippen LogP contribution in [0.5, 0.6) is 0 Å². The van der Waals surface area contributed by atoms with E-state index >= 15 is 0 Å². The Balaban J connectivity index is 3.53. The van der Waals surface area contributed by atoms with Gasteiger partial charge < -0.3 is 0 Å². The van der Waals surface area contributed by atoms with E-state index in [0.29, 0.717) is 6.42 Å². The average Bonchev–Trinajstić information content (AvgIpc) is 2.17. The average molecular weight is 269 g/mol. The third-order valence-electron chi connectivity index (χ3n) is 2.25. The van der Waals surface area contributed by atoms with Crippen LogP contribution < -0.4 is 0 Å². The second-order valence-electron chi connectivity index (χ2n) is 3.55. The van der Waals surface area contributed by atoms with Gasteiger partial charge in [-0.3, -0.25) is 0 Å². The summed E-state index contributed by atoms with van der Waals surface area (Å²) in [7, 11) is 0. The van der Waals surface area contributed by atoms with Crippen LogP contribution in [0.3, 0.4) is 0 Å². The summed E-state index contributed by atoms with van der Waals surface area (Å²) in [6, 6.07) is 0. The van der Waals surface area contributed by atoms with Gasteiger partial charge in [-0.05, 0) is 12.5 Å². The molecule has 0 bridgehead atoms. The molecule has 0 saturated heterocycles. The molecule has 14 heavy (non-hydrogen) atoms. The molecule has 0 aliphatic rings. The summed E-state index contributed by atoms with van der Waals surface area (Å²) in [5.74, 6) is -2.77. The molecule has 0 fully saturated rings. The molecule has 0 aromatic heterocycles. The van der Waals surface area contributed by atoms with Crippen molar-refractivity contribution in [3.63, 3.8) is 0 Å². The summed E-state index contributed by atoms with van der Waals surface area (Å²) in [5.41, 5.74) is 0. The number of unbranched alkanes of at least 4 members (excludes halogenated alkanes) is 4. The quantitative estimate of drug-likeness (QED) is 0.333. The lowest BCUT2D eigenvalue weighted by atomic mass is 10.1. The Morgan fingerprint density at radius 1 is 1.29 bits per heavy atom. The molecular weight excluding hydrogens is 250 g/mol. The maximum absolute atomic E-state index is 13.0. The van der Waals surface area contributed by atoms with E-state index in [1.807, 2.05) is 0 Å². The second-order valence-corrected chi connectivity index (χ2v) is 4.65. The van der Waals surface area contributed by atoms with Gasteiger partial charge in [0.1, 0.15) is 0 Å². The number of hydrogen-bond donors (Lipinski definition) is 0. The SMILES string of the molecule is C=CC(F)(F)C(Br)CCCCCCC. The predicted molar refractivity (Wildman–Crippen MR) is 61.2 cm³/mol. The first-order valence-corrected chi connectivity index (χ1v) is 6.11. The van der Waals surface area contributed by atoms with Gasteiger partial charge in [-0.15, -0.1) is 0 Å². The molecule has 0 aliphatic carbocycles. The molecule has 84 valence electrons. The molecule has 0 saturated carbocycles. The lowest BCUT2D eigenvalue weighted by Gasteiger charge is -2.18. The van der Waals surface area contributed by atoms with Crippen LogP contribution >= 0.6 is 15.9 Å². The van der Waals surface area contributed by atoms with Gasteiger partial charge in [0.2, 0.25) is 0 Å². The summed E-state index contributed by atoms with van der Waals surface area (Å²) in [5, 5.41) is 0. The summed E-state index contributed by atoms with van der Waals surface area (Å²) in [4.78, 5) is -0.755. The Morgan fingerprint density at radius 2 is 1.86 bits per heavy atom. The van der Waals surface area contributed by atoms with Crippen LogP contribution in [0.25, 0.3) is 0 Å². The van der Waals surface area contributed by atoms with Crippen molar-refractivity contribution in [1.82, 2.24) is 0 Å². The topological polar surface area (TPSA) is 0 Å². The molecular formula is C11H19BrF2. The van der Waals surface area contributed by atoms with E-state index in [4.69, 9.17) is 0 Å². The lowest BCUT2D eigenvalue weighted by Crippen LogP contribution is -2.25. The highest BCUT2D eigenvalue weighted by atomic mass is 79.9. The molecule has 0 radical (unpaired) electrons. The van der Waals surface area contributed by atoms with E-state index in [1.165, 1.54) is 12.8 Å². The molecule has 0 amide bonds. The lowest BCUT2D eigenvalue weighted by molar-refractivity contribution is 0.0520. The zero-order valence-corrected chi connectivity index (χ0v) is 10.3. The van der Waals surface area contributed by atoms with E-state index in [2.05, 4.69) is 29.4 Å². The second kappa shape index (κ2) is 7.38. The normalized spacial score (nSPS) is 14.0. The van der Waals surface area contributed by atoms with Gasteiger partial charge in [-0.25, -0.2) is 8.78 Å². The maximum Gasteiger partial charge on any atom is 0.278 e. The molecule has 0 aliphatic heterocycles. The van der Waals surface area contributed by atoms with E-state index in [0.717, 1.165) is 25.3 Å². The zero-order valence-electron chi connectivity index (χ0n) is 8.74. The van der Waals surface area contributed by atoms with Gasteiger partial charge >= 0.3 is 0 Å². The number of rotatable bonds is 8. The van der Waals surface area contributed by atoms with E-state index in [-0.39, 0.29) is 0 Å². The van der Waals surface area contributed by atoms with E-state index in [1.54, 1.807) is 0 Å². The number of allylic oxidation sites excluding steroid dienone is 1. The van der Waals surface area contributed by atoms with Gasteiger partial charge in [-0.2, -0.15) is 0 Å². The molecule has 1 atom stereocenters. The Bertz CT molecular complexity index is 157. The smallest absolute Gasteiger partial charge is 0.201 e. The molecule has 0 nitrogen and oxygen atoms in total. The standard InChI is InChI=1S/C11H19BrF2/c1-3-5-6-7-8-9-10(12)11(13,14)4-2/h4,10H,2-3,5-9H2,1H3. The zero-order chi connectivity index (χ0) is 11.0. The van der Waals surface area contributed by atoms with Crippen molar-refractivity contribution in [3.8, 4) is 0 Å².